The van der Waals surface area contributed by atoms with Crippen LogP contribution in [0.2, 0.25) is 5.02 Å². The number of allylic oxidation sites excluding steroid dienone is 1. The second-order valence-electron chi connectivity index (χ2n) is 6.62. The van der Waals surface area contributed by atoms with Crippen molar-refractivity contribution < 1.29 is 37.8 Å². The summed E-state index contributed by atoms with van der Waals surface area (Å²) in [5.41, 5.74) is 3.67. The fourth-order valence-corrected chi connectivity index (χ4v) is 3.64. The number of alkyl halides is 3. The number of amides is 2. The quantitative estimate of drug-likeness (QED) is 0.531. The van der Waals surface area contributed by atoms with Gasteiger partial charge in [-0.3, -0.25) is 14.5 Å². The van der Waals surface area contributed by atoms with Gasteiger partial charge >= 0.3 is 12.1 Å². The van der Waals surface area contributed by atoms with E-state index in [1.807, 2.05) is 0 Å². The molecule has 0 unspecified atom stereocenters. The van der Waals surface area contributed by atoms with E-state index in [-0.39, 0.29) is 22.8 Å². The van der Waals surface area contributed by atoms with Gasteiger partial charge in [0.25, 0.3) is 5.91 Å². The van der Waals surface area contributed by atoms with Crippen molar-refractivity contribution in [1.82, 2.24) is 10.2 Å². The summed E-state index contributed by atoms with van der Waals surface area (Å²) in [4.78, 5) is 36.6. The number of halogens is 4. The van der Waals surface area contributed by atoms with Crippen LogP contribution in [0.1, 0.15) is 24.4 Å². The number of benzene rings is 1. The molecule has 2 heterocycles. The van der Waals surface area contributed by atoms with E-state index >= 15 is 0 Å². The van der Waals surface area contributed by atoms with E-state index in [1.165, 1.54) is 18.2 Å². The maximum atomic E-state index is 13.1. The third-order valence-electron chi connectivity index (χ3n) is 4.89. The number of nitrogens with two attached hydrogens (primary N) is 1. The van der Waals surface area contributed by atoms with Crippen LogP contribution in [0.5, 0.6) is 5.75 Å². The summed E-state index contributed by atoms with van der Waals surface area (Å²) in [6, 6.07) is 0.465. The normalized spacial score (nSPS) is 22.7. The van der Waals surface area contributed by atoms with Gasteiger partial charge < -0.3 is 21.3 Å². The lowest BCUT2D eigenvalue weighted by Gasteiger charge is -2.50. The fraction of sp³-hybridized carbons (Fsp3) is 0.353. The summed E-state index contributed by atoms with van der Waals surface area (Å²) in [6.07, 6.45) is -5.64. The molecule has 1 aromatic carbocycles. The Morgan fingerprint density at radius 3 is 2.55 bits per heavy atom. The third-order valence-corrected chi connectivity index (χ3v) is 5.20. The van der Waals surface area contributed by atoms with Crippen molar-refractivity contribution in [2.45, 2.75) is 37.1 Å². The van der Waals surface area contributed by atoms with Crippen LogP contribution in [-0.2, 0) is 14.4 Å². The van der Waals surface area contributed by atoms with Crippen molar-refractivity contribution in [2.24, 2.45) is 5.73 Å². The lowest BCUT2D eigenvalue weighted by Crippen LogP contribution is -2.72. The Kier molecular flexibility index (Phi) is 5.22. The summed E-state index contributed by atoms with van der Waals surface area (Å²) < 4.78 is 39.3. The number of carboxylic acid groups (broad SMARTS) is 1. The van der Waals surface area contributed by atoms with E-state index in [0.717, 1.165) is 0 Å². The molecular formula is C17H15ClF3N3O5. The second kappa shape index (κ2) is 7.23. The molecule has 3 rings (SSSR count). The number of aliphatic carboxylic acids is 1. The van der Waals surface area contributed by atoms with E-state index in [9.17, 15) is 37.8 Å². The van der Waals surface area contributed by atoms with Crippen LogP contribution in [0.25, 0.3) is 0 Å². The van der Waals surface area contributed by atoms with Gasteiger partial charge in [0, 0.05) is 0 Å². The van der Waals surface area contributed by atoms with E-state index in [2.05, 4.69) is 5.32 Å². The molecule has 1 saturated heterocycles. The largest absolute Gasteiger partial charge is 0.506 e. The van der Waals surface area contributed by atoms with Gasteiger partial charge in [-0.25, -0.2) is 4.79 Å². The molecule has 12 heteroatoms. The van der Waals surface area contributed by atoms with Crippen molar-refractivity contribution in [3.8, 4) is 5.75 Å². The smallest absolute Gasteiger partial charge is 0.414 e. The van der Waals surface area contributed by atoms with Gasteiger partial charge in [-0.1, -0.05) is 17.7 Å². The van der Waals surface area contributed by atoms with Gasteiger partial charge in [0.15, 0.2) is 0 Å². The van der Waals surface area contributed by atoms with Crippen LogP contribution in [0.3, 0.4) is 0 Å². The lowest BCUT2D eigenvalue weighted by atomic mass is 9.83. The van der Waals surface area contributed by atoms with Gasteiger partial charge in [0.1, 0.15) is 23.5 Å². The van der Waals surface area contributed by atoms with Crippen molar-refractivity contribution in [3.63, 3.8) is 0 Å². The molecule has 8 nitrogen and oxygen atoms in total. The number of fused-ring (bicyclic) bond motifs is 1. The number of aromatic hydroxyl groups is 1. The Labute approximate surface area is 166 Å². The highest BCUT2D eigenvalue weighted by Crippen LogP contribution is 2.43. The average molecular weight is 434 g/mol. The average Bonchev–Trinajstić information content (AvgIpc) is 2.65. The van der Waals surface area contributed by atoms with Crippen LogP contribution < -0.4 is 11.1 Å². The van der Waals surface area contributed by atoms with Crippen LogP contribution in [0.4, 0.5) is 13.2 Å². The Morgan fingerprint density at radius 2 is 2.00 bits per heavy atom. The summed E-state index contributed by atoms with van der Waals surface area (Å²) in [5.74, 6) is -3.84. The molecule has 2 aliphatic rings. The molecule has 156 valence electrons. The minimum Gasteiger partial charge on any atom is -0.506 e. The molecule has 2 aliphatic heterocycles. The molecular weight excluding hydrogens is 419 g/mol. The van der Waals surface area contributed by atoms with Crippen LogP contribution in [0, 0.1) is 0 Å². The molecule has 1 aromatic rings. The highest BCUT2D eigenvalue weighted by atomic mass is 35.5. The molecule has 1 fully saturated rings. The molecule has 0 radical (unpaired) electrons. The van der Waals surface area contributed by atoms with Crippen LogP contribution in [0.15, 0.2) is 29.5 Å². The van der Waals surface area contributed by atoms with Gasteiger partial charge in [-0.15, -0.1) is 0 Å². The number of nitrogens with zero attached hydrogens (tertiary/aromatic N) is 1. The van der Waals surface area contributed by atoms with Crippen LogP contribution >= 0.6 is 11.6 Å². The number of nitrogens with one attached hydrogen (secondary N) is 1. The number of rotatable bonds is 4. The summed E-state index contributed by atoms with van der Waals surface area (Å²) in [6.45, 7) is 0. The molecule has 0 aliphatic carbocycles. The van der Waals surface area contributed by atoms with E-state index in [0.29, 0.717) is 4.90 Å². The monoisotopic (exact) mass is 433 g/mol. The number of hydrogen-bond donors (Lipinski definition) is 4. The first-order chi connectivity index (χ1) is 13.4. The molecule has 0 saturated carbocycles. The molecule has 0 aromatic heterocycles. The number of carbonyl (C=O) groups excluding carboxylic acids is 2. The number of hydrogen-bond acceptors (Lipinski definition) is 5. The third kappa shape index (κ3) is 3.62. The summed E-state index contributed by atoms with van der Waals surface area (Å²) in [7, 11) is 0. The molecule has 3 atom stereocenters. The zero-order chi connectivity index (χ0) is 21.7. The SMILES string of the molecule is N[C@@H](C(=O)N[C@@H]1C(=O)N2C(C(=O)O)=C(C(F)(F)F)CC[C@H]12)c1ccc(O)c(Cl)c1. The summed E-state index contributed by atoms with van der Waals surface area (Å²) >= 11 is 5.77. The Hall–Kier alpha value is -2.79. The van der Waals surface area contributed by atoms with Gasteiger partial charge in [0.2, 0.25) is 5.91 Å². The van der Waals surface area contributed by atoms with E-state index in [1.54, 1.807) is 0 Å². The Balaban J connectivity index is 1.77. The van der Waals surface area contributed by atoms with Crippen molar-refractivity contribution in [1.29, 1.82) is 0 Å². The molecule has 29 heavy (non-hydrogen) atoms. The maximum Gasteiger partial charge on any atom is 0.414 e. The lowest BCUT2D eigenvalue weighted by molar-refractivity contribution is -0.159. The predicted molar refractivity (Wildman–Crippen MR) is 92.6 cm³/mol. The molecule has 0 bridgehead atoms. The van der Waals surface area contributed by atoms with Crippen molar-refractivity contribution in [2.75, 3.05) is 0 Å². The van der Waals surface area contributed by atoms with Crippen molar-refractivity contribution in [3.05, 3.63) is 40.1 Å². The molecule has 0 spiro atoms. The van der Waals surface area contributed by atoms with E-state index < -0.39 is 59.8 Å². The van der Waals surface area contributed by atoms with Gasteiger partial charge in [0.05, 0.1) is 16.6 Å². The number of phenolic OH excluding ortho intramolecular Hbond substituents is 1. The minimum absolute atomic E-state index is 0.0418. The first-order valence-corrected chi connectivity index (χ1v) is 8.72. The zero-order valence-corrected chi connectivity index (χ0v) is 15.3. The minimum atomic E-state index is -4.88. The number of carboxylic acids is 1. The highest BCUT2D eigenvalue weighted by Gasteiger charge is 2.56. The first-order valence-electron chi connectivity index (χ1n) is 8.34. The Bertz CT molecular complexity index is 933. The van der Waals surface area contributed by atoms with E-state index in [4.69, 9.17) is 17.3 Å². The number of carbonyl (C=O) groups is 3. The maximum absolute atomic E-state index is 13.1. The standard InChI is InChI=1S/C17H15ClF3N3O5/c18-8-5-6(1-4-10(8)25)11(22)14(26)23-12-9-3-2-7(17(19,20)21)13(16(28)29)24(9)15(12)27/h1,4-5,9,11-12,25H,2-3,22H2,(H,23,26)(H,28,29)/t9-,11-,12+/m1/s1. The molecule has 2 amide bonds. The zero-order valence-electron chi connectivity index (χ0n) is 14.5. The first kappa shape index (κ1) is 20.9. The topological polar surface area (TPSA) is 133 Å². The fourth-order valence-electron chi connectivity index (χ4n) is 3.45. The second-order valence-corrected chi connectivity index (χ2v) is 7.03. The van der Waals surface area contributed by atoms with Gasteiger partial charge in [-0.2, -0.15) is 13.2 Å². The van der Waals surface area contributed by atoms with Crippen molar-refractivity contribution >= 4 is 29.4 Å². The van der Waals surface area contributed by atoms with Crippen LogP contribution in [-0.4, -0.2) is 51.2 Å². The predicted octanol–water partition coefficient (Wildman–Crippen LogP) is 1.44. The number of β-lactam (4-membered cyclic amide) rings is 1. The Morgan fingerprint density at radius 1 is 1.34 bits per heavy atom. The molecule has 5 N–H and O–H groups in total. The summed E-state index contributed by atoms with van der Waals surface area (Å²) in [5, 5.41) is 20.9. The highest BCUT2D eigenvalue weighted by molar-refractivity contribution is 6.32. The number of phenols is 1. The van der Waals surface area contributed by atoms with Gasteiger partial charge in [-0.05, 0) is 30.5 Å².